The fourth-order valence-electron chi connectivity index (χ4n) is 5.88. The first kappa shape index (κ1) is 30.4. The van der Waals surface area contributed by atoms with E-state index in [2.05, 4.69) is 114 Å². The van der Waals surface area contributed by atoms with Gasteiger partial charge in [-0.1, -0.05) is 87.5 Å². The molecule has 181 valence electrons. The Morgan fingerprint density at radius 2 is 1.54 bits per heavy atom. The second-order valence-corrected chi connectivity index (χ2v) is 16.5. The number of benzene rings is 2. The van der Waals surface area contributed by atoms with Crippen molar-refractivity contribution in [2.75, 3.05) is 0 Å². The summed E-state index contributed by atoms with van der Waals surface area (Å²) in [6.07, 6.45) is 0. The van der Waals surface area contributed by atoms with Crippen LogP contribution in [0.1, 0.15) is 54.8 Å². The fraction of sp³-hybridized carbons (Fsp3) is 0.300. The second-order valence-electron chi connectivity index (χ2n) is 11.1. The number of thiophene rings is 1. The molecule has 4 aromatic rings. The van der Waals surface area contributed by atoms with Crippen LogP contribution in [0.25, 0.3) is 27.1 Å². The molecular formula is C30H33Cl2SSiZr. The number of allylic oxidation sites excluding steroid dienone is 1. The summed E-state index contributed by atoms with van der Waals surface area (Å²) in [7, 11) is -0.972. The van der Waals surface area contributed by atoms with Crippen LogP contribution in [0, 0.1) is 6.92 Å². The van der Waals surface area contributed by atoms with E-state index in [1.165, 1.54) is 33.0 Å². The smallest absolute Gasteiger partial charge is 1.00 e. The van der Waals surface area contributed by atoms with Crippen LogP contribution in [0.3, 0.4) is 0 Å². The monoisotopic (exact) mass is 613 g/mol. The van der Waals surface area contributed by atoms with Gasteiger partial charge in [0.05, 0.1) is 8.07 Å². The summed E-state index contributed by atoms with van der Waals surface area (Å²) in [4.78, 5) is 1.68. The Bertz CT molecular complexity index is 1350. The summed E-state index contributed by atoms with van der Waals surface area (Å²) in [5.74, 6) is 0. The molecule has 35 heavy (non-hydrogen) atoms. The third-order valence-corrected chi connectivity index (χ3v) is 12.7. The van der Waals surface area contributed by atoms with Crippen molar-refractivity contribution in [1.82, 2.24) is 0 Å². The van der Waals surface area contributed by atoms with Gasteiger partial charge < -0.3 is 24.8 Å². The third-order valence-electron chi connectivity index (χ3n) is 7.38. The number of hydrogen-bond acceptors (Lipinski definition) is 1. The summed E-state index contributed by atoms with van der Waals surface area (Å²) in [6.45, 7) is 16.3. The third kappa shape index (κ3) is 5.14. The molecule has 3 heterocycles. The van der Waals surface area contributed by atoms with Gasteiger partial charge in [0.15, 0.2) is 0 Å². The van der Waals surface area contributed by atoms with Gasteiger partial charge in [0.25, 0.3) is 0 Å². The predicted molar refractivity (Wildman–Crippen MR) is 146 cm³/mol. The zero-order valence-corrected chi connectivity index (χ0v) is 27.4. The van der Waals surface area contributed by atoms with Gasteiger partial charge in [-0.15, -0.1) is 45.9 Å². The van der Waals surface area contributed by atoms with E-state index in [1.54, 1.807) is 21.2 Å². The molecule has 5 heteroatoms. The van der Waals surface area contributed by atoms with Crippen molar-refractivity contribution in [3.63, 3.8) is 0 Å². The Morgan fingerprint density at radius 3 is 2.11 bits per heavy atom. The van der Waals surface area contributed by atoms with Crippen LogP contribution in [0.4, 0.5) is 0 Å². The summed E-state index contributed by atoms with van der Waals surface area (Å²) in [6, 6.07) is 22.4. The van der Waals surface area contributed by atoms with E-state index in [9.17, 15) is 0 Å². The zero-order chi connectivity index (χ0) is 22.8. The molecule has 1 aliphatic carbocycles. The fourth-order valence-corrected chi connectivity index (χ4v) is 12.2. The molecule has 0 fully saturated rings. The van der Waals surface area contributed by atoms with Crippen LogP contribution < -0.4 is 24.8 Å². The molecule has 3 aliphatic rings. The number of rotatable bonds is 1. The topological polar surface area (TPSA) is 0 Å². The molecule has 1 unspecified atom stereocenters. The molecule has 1 radical (unpaired) electrons. The summed E-state index contributed by atoms with van der Waals surface area (Å²) >= 11 is 1.96. The molecule has 0 nitrogen and oxygen atoms in total. The molecule has 1 atom stereocenters. The van der Waals surface area contributed by atoms with Gasteiger partial charge in [-0.2, -0.15) is 6.07 Å². The van der Waals surface area contributed by atoms with E-state index >= 15 is 0 Å². The average Bonchev–Trinajstić information content (AvgIpc) is 3.43. The van der Waals surface area contributed by atoms with Crippen LogP contribution >= 0.6 is 11.3 Å². The van der Waals surface area contributed by atoms with Gasteiger partial charge in [-0.3, -0.25) is 0 Å². The Balaban J connectivity index is 0.000000249. The summed E-state index contributed by atoms with van der Waals surface area (Å²) < 4.78 is 0. The number of fused-ring (bicyclic) bond motifs is 1. The Hall–Kier alpha value is -0.830. The molecule has 0 saturated carbocycles. The molecular weight excluding hydrogens is 583 g/mol. The minimum absolute atomic E-state index is 0. The van der Waals surface area contributed by atoms with Crippen LogP contribution in [-0.4, -0.2) is 8.07 Å². The maximum atomic E-state index is 2.51. The quantitative estimate of drug-likeness (QED) is 0.228. The Kier molecular flexibility index (Phi) is 9.45. The maximum absolute atomic E-state index is 2.51. The largest absolute Gasteiger partial charge is 3.00 e. The van der Waals surface area contributed by atoms with Crippen molar-refractivity contribution in [3.8, 4) is 11.1 Å². The minimum Gasteiger partial charge on any atom is -1.00 e. The van der Waals surface area contributed by atoms with Crippen LogP contribution in [0.2, 0.25) is 13.1 Å². The second kappa shape index (κ2) is 10.9. The molecule has 7 rings (SSSR count). The minimum atomic E-state index is -0.972. The van der Waals surface area contributed by atoms with Crippen LogP contribution in [0.5, 0.6) is 0 Å². The number of hydrogen-bond donors (Lipinski definition) is 0. The van der Waals surface area contributed by atoms with E-state index in [1.807, 2.05) is 11.3 Å². The predicted octanol–water partition coefficient (Wildman–Crippen LogP) is 3.26. The van der Waals surface area contributed by atoms with E-state index < -0.39 is 8.07 Å². The summed E-state index contributed by atoms with van der Waals surface area (Å²) in [5, 5.41) is 6.70. The van der Waals surface area contributed by atoms with E-state index in [0.717, 1.165) is 5.54 Å². The van der Waals surface area contributed by atoms with Crippen molar-refractivity contribution in [3.05, 3.63) is 93.2 Å². The zero-order valence-electron chi connectivity index (χ0n) is 21.6. The molecule has 0 amide bonds. The average molecular weight is 616 g/mol. The molecule has 2 aliphatic heterocycles. The van der Waals surface area contributed by atoms with Crippen molar-refractivity contribution in [1.29, 1.82) is 0 Å². The van der Waals surface area contributed by atoms with Crippen molar-refractivity contribution in [2.24, 2.45) is 0 Å². The number of aryl methyl sites for hydroxylation is 1. The van der Waals surface area contributed by atoms with Crippen molar-refractivity contribution in [2.45, 2.75) is 58.7 Å². The van der Waals surface area contributed by atoms with Gasteiger partial charge in [0.2, 0.25) is 0 Å². The summed E-state index contributed by atoms with van der Waals surface area (Å²) in [5.41, 5.74) is 9.74. The van der Waals surface area contributed by atoms with Gasteiger partial charge in [0.1, 0.15) is 0 Å². The normalized spacial score (nSPS) is 16.7. The first-order valence-electron chi connectivity index (χ1n) is 11.6. The Labute approximate surface area is 247 Å². The molecule has 2 bridgehead atoms. The molecule has 0 saturated heterocycles. The van der Waals surface area contributed by atoms with E-state index in [-0.39, 0.29) is 56.4 Å². The van der Waals surface area contributed by atoms with Crippen molar-refractivity contribution >= 4 is 35.4 Å². The van der Waals surface area contributed by atoms with Crippen LogP contribution in [0.15, 0.2) is 71.6 Å². The Morgan fingerprint density at radius 1 is 0.886 bits per heavy atom. The van der Waals surface area contributed by atoms with Crippen LogP contribution in [-0.2, 0) is 31.6 Å². The van der Waals surface area contributed by atoms with Crippen molar-refractivity contribution < 1.29 is 51.0 Å². The molecule has 0 N–H and O–H groups in total. The standard InChI is InChI=1S/C20H21.C10H12SSi.2ClH.Zr/c1-14-12-16-6-5-7-18(19(16)13-14)15-8-10-17(11-9-15)20(2,3)4;1-6-9-7-4-5-11-8(7)10(6)12(9,2)3;;;/h5-13H,1-4H3;4-5,10H,1-3H3;2*1H;/q-1;;;;+3/p-2. The van der Waals surface area contributed by atoms with Gasteiger partial charge in [-0.05, 0) is 40.5 Å². The van der Waals surface area contributed by atoms with Gasteiger partial charge in [0, 0.05) is 10.4 Å². The number of halogens is 2. The SMILES string of the molecule is CC1=C2c3ccsc3C1[Si]2(C)C.Cc1cc2c(-c3ccc(C(C)(C)C)cc3)cccc2[cH-]1.[Cl-].[Cl-].[Zr+3]. The first-order chi connectivity index (χ1) is 15.1. The van der Waals surface area contributed by atoms with E-state index in [4.69, 9.17) is 0 Å². The first-order valence-corrected chi connectivity index (χ1v) is 15.6. The van der Waals surface area contributed by atoms with Gasteiger partial charge >= 0.3 is 26.2 Å². The maximum Gasteiger partial charge on any atom is 3.00 e. The molecule has 1 aromatic heterocycles. The van der Waals surface area contributed by atoms with E-state index in [0.29, 0.717) is 0 Å². The van der Waals surface area contributed by atoms with Gasteiger partial charge in [-0.25, -0.2) is 0 Å². The molecule has 3 aromatic carbocycles. The molecule has 0 spiro atoms.